The fourth-order valence-corrected chi connectivity index (χ4v) is 4.89. The molecule has 0 saturated carbocycles. The SMILES string of the molecule is COc1ccc(CN(Cc2ccco2)C(=O)c2ccc(S(=O)(=O)c3ccc(Br)cc3)o2)cc1OC. The second-order valence-electron chi connectivity index (χ2n) is 7.51. The number of carbonyl (C=O) groups is 1. The largest absolute Gasteiger partial charge is 0.493 e. The number of nitrogens with zero attached hydrogens (tertiary/aromatic N) is 1. The normalized spacial score (nSPS) is 11.3. The molecule has 0 aliphatic heterocycles. The smallest absolute Gasteiger partial charge is 0.290 e. The molecule has 0 saturated heterocycles. The maximum atomic E-state index is 13.4. The number of furan rings is 2. The third-order valence-electron chi connectivity index (χ3n) is 5.22. The summed E-state index contributed by atoms with van der Waals surface area (Å²) in [5.74, 6) is 1.06. The Hall–Kier alpha value is -3.50. The van der Waals surface area contributed by atoms with Crippen LogP contribution in [0, 0.1) is 0 Å². The summed E-state index contributed by atoms with van der Waals surface area (Å²) < 4.78 is 48.3. The van der Waals surface area contributed by atoms with E-state index >= 15 is 0 Å². The van der Waals surface area contributed by atoms with Crippen molar-refractivity contribution in [3.63, 3.8) is 0 Å². The van der Waals surface area contributed by atoms with E-state index in [4.69, 9.17) is 18.3 Å². The molecule has 2 aromatic carbocycles. The minimum atomic E-state index is -3.93. The summed E-state index contributed by atoms with van der Waals surface area (Å²) in [6.45, 7) is 0.338. The molecule has 1 amide bonds. The van der Waals surface area contributed by atoms with Crippen molar-refractivity contribution in [3.8, 4) is 11.5 Å². The van der Waals surface area contributed by atoms with Crippen LogP contribution < -0.4 is 9.47 Å². The average molecular weight is 560 g/mol. The van der Waals surface area contributed by atoms with Gasteiger partial charge in [-0.3, -0.25) is 4.79 Å². The van der Waals surface area contributed by atoms with E-state index in [0.29, 0.717) is 17.3 Å². The van der Waals surface area contributed by atoms with Crippen LogP contribution in [-0.2, 0) is 22.9 Å². The van der Waals surface area contributed by atoms with E-state index in [1.807, 2.05) is 6.07 Å². The van der Waals surface area contributed by atoms with Gasteiger partial charge in [-0.15, -0.1) is 0 Å². The first-order chi connectivity index (χ1) is 16.8. The number of benzene rings is 2. The molecular formula is C25H22BrNO7S. The maximum Gasteiger partial charge on any atom is 0.290 e. The molecule has 0 aliphatic carbocycles. The topological polar surface area (TPSA) is 99.2 Å². The number of hydrogen-bond donors (Lipinski definition) is 0. The molecule has 0 N–H and O–H groups in total. The Morgan fingerprint density at radius 1 is 0.943 bits per heavy atom. The molecule has 4 rings (SSSR count). The Morgan fingerprint density at radius 2 is 1.69 bits per heavy atom. The van der Waals surface area contributed by atoms with Gasteiger partial charge in [0, 0.05) is 11.0 Å². The number of ether oxygens (including phenoxy) is 2. The molecule has 2 heterocycles. The van der Waals surface area contributed by atoms with Crippen molar-refractivity contribution in [1.29, 1.82) is 0 Å². The molecule has 4 aromatic rings. The highest BCUT2D eigenvalue weighted by molar-refractivity contribution is 9.10. The predicted molar refractivity (Wildman–Crippen MR) is 130 cm³/mol. The van der Waals surface area contributed by atoms with Crippen LogP contribution in [0.15, 0.2) is 96.3 Å². The highest BCUT2D eigenvalue weighted by atomic mass is 79.9. The minimum absolute atomic E-state index is 0.0619. The summed E-state index contributed by atoms with van der Waals surface area (Å²) in [6, 6.07) is 17.6. The zero-order valence-corrected chi connectivity index (χ0v) is 21.3. The number of methoxy groups -OCH3 is 2. The summed E-state index contributed by atoms with van der Waals surface area (Å²) in [5, 5.41) is -0.313. The zero-order valence-electron chi connectivity index (χ0n) is 18.9. The van der Waals surface area contributed by atoms with E-state index in [0.717, 1.165) is 10.0 Å². The van der Waals surface area contributed by atoms with Gasteiger partial charge < -0.3 is 23.2 Å². The Balaban J connectivity index is 1.63. The van der Waals surface area contributed by atoms with Gasteiger partial charge in [0.2, 0.25) is 14.9 Å². The van der Waals surface area contributed by atoms with E-state index in [9.17, 15) is 13.2 Å². The van der Waals surface area contributed by atoms with Gasteiger partial charge in [0.25, 0.3) is 5.91 Å². The molecule has 0 unspecified atom stereocenters. The van der Waals surface area contributed by atoms with Crippen LogP contribution in [0.2, 0.25) is 0 Å². The molecule has 0 spiro atoms. The first kappa shape index (κ1) is 24.6. The molecule has 10 heteroatoms. The van der Waals surface area contributed by atoms with Crippen LogP contribution in [-0.4, -0.2) is 33.4 Å². The Morgan fingerprint density at radius 3 is 2.34 bits per heavy atom. The van der Waals surface area contributed by atoms with Gasteiger partial charge in [0.15, 0.2) is 17.3 Å². The quantitative estimate of drug-likeness (QED) is 0.273. The molecule has 0 aliphatic rings. The molecule has 0 fully saturated rings. The highest BCUT2D eigenvalue weighted by Gasteiger charge is 2.26. The molecule has 2 aromatic heterocycles. The van der Waals surface area contributed by atoms with Crippen molar-refractivity contribution < 1.29 is 31.5 Å². The summed E-state index contributed by atoms with van der Waals surface area (Å²) in [6.07, 6.45) is 1.52. The lowest BCUT2D eigenvalue weighted by Crippen LogP contribution is -2.29. The lowest BCUT2D eigenvalue weighted by molar-refractivity contribution is 0.0679. The molecule has 8 nitrogen and oxygen atoms in total. The standard InChI is InChI=1S/C25H22BrNO7S/c1-31-21-10-5-17(14-23(21)32-2)15-27(16-19-4-3-13-33-19)25(28)22-11-12-24(34-22)35(29,30)20-8-6-18(26)7-9-20/h3-14H,15-16H2,1-2H3. The fraction of sp³-hybridized carbons (Fsp3) is 0.160. The second kappa shape index (κ2) is 10.4. The van der Waals surface area contributed by atoms with Crippen molar-refractivity contribution in [2.45, 2.75) is 23.1 Å². The van der Waals surface area contributed by atoms with Gasteiger partial charge >= 0.3 is 0 Å². The van der Waals surface area contributed by atoms with Crippen LogP contribution in [0.3, 0.4) is 0 Å². The second-order valence-corrected chi connectivity index (χ2v) is 10.3. The van der Waals surface area contributed by atoms with Crippen LogP contribution in [0.1, 0.15) is 21.9 Å². The van der Waals surface area contributed by atoms with E-state index in [1.54, 1.807) is 43.5 Å². The van der Waals surface area contributed by atoms with E-state index < -0.39 is 15.7 Å². The monoisotopic (exact) mass is 559 g/mol. The third kappa shape index (κ3) is 5.44. The zero-order chi connectivity index (χ0) is 25.0. The molecule has 0 atom stereocenters. The molecule has 0 radical (unpaired) electrons. The summed E-state index contributed by atoms with van der Waals surface area (Å²) in [7, 11) is -0.853. The lowest BCUT2D eigenvalue weighted by atomic mass is 10.1. The van der Waals surface area contributed by atoms with Crippen molar-refractivity contribution in [2.75, 3.05) is 14.2 Å². The first-order valence-corrected chi connectivity index (χ1v) is 12.7. The van der Waals surface area contributed by atoms with Crippen LogP contribution in [0.25, 0.3) is 0 Å². The van der Waals surface area contributed by atoms with Gasteiger partial charge in [-0.05, 0) is 66.2 Å². The number of rotatable bonds is 9. The number of hydrogen-bond acceptors (Lipinski definition) is 7. The lowest BCUT2D eigenvalue weighted by Gasteiger charge is -2.21. The van der Waals surface area contributed by atoms with Crippen molar-refractivity contribution in [1.82, 2.24) is 4.90 Å². The predicted octanol–water partition coefficient (Wildman–Crippen LogP) is 5.33. The minimum Gasteiger partial charge on any atom is -0.493 e. The van der Waals surface area contributed by atoms with Crippen molar-refractivity contribution in [3.05, 3.63) is 94.5 Å². The van der Waals surface area contributed by atoms with Crippen LogP contribution in [0.4, 0.5) is 0 Å². The molecule has 182 valence electrons. The first-order valence-electron chi connectivity index (χ1n) is 10.4. The number of sulfone groups is 1. The third-order valence-corrected chi connectivity index (χ3v) is 7.39. The van der Waals surface area contributed by atoms with Crippen molar-refractivity contribution in [2.24, 2.45) is 0 Å². The van der Waals surface area contributed by atoms with Crippen molar-refractivity contribution >= 4 is 31.7 Å². The Bertz CT molecular complexity index is 1410. The van der Waals surface area contributed by atoms with Gasteiger partial charge in [-0.1, -0.05) is 22.0 Å². The summed E-state index contributed by atoms with van der Waals surface area (Å²) in [5.41, 5.74) is 0.775. The van der Waals surface area contributed by atoms with Crippen LogP contribution in [0.5, 0.6) is 11.5 Å². The molecular weight excluding hydrogens is 538 g/mol. The number of amides is 1. The maximum absolute atomic E-state index is 13.4. The average Bonchev–Trinajstić information content (AvgIpc) is 3.56. The fourth-order valence-electron chi connectivity index (χ4n) is 3.45. The number of halogens is 1. The van der Waals surface area contributed by atoms with E-state index in [1.165, 1.54) is 42.5 Å². The Labute approximate surface area is 211 Å². The summed E-state index contributed by atoms with van der Waals surface area (Å²) in [4.78, 5) is 15.0. The van der Waals surface area contributed by atoms with E-state index in [2.05, 4.69) is 15.9 Å². The highest BCUT2D eigenvalue weighted by Crippen LogP contribution is 2.29. The number of carbonyl (C=O) groups excluding carboxylic acids is 1. The summed E-state index contributed by atoms with van der Waals surface area (Å²) >= 11 is 3.28. The molecule has 35 heavy (non-hydrogen) atoms. The van der Waals surface area contributed by atoms with Gasteiger partial charge in [-0.25, -0.2) is 8.42 Å². The van der Waals surface area contributed by atoms with Gasteiger partial charge in [0.05, 0.1) is 31.9 Å². The Kier molecular flexibility index (Phi) is 7.32. The van der Waals surface area contributed by atoms with Crippen LogP contribution >= 0.6 is 15.9 Å². The molecule has 0 bridgehead atoms. The van der Waals surface area contributed by atoms with E-state index in [-0.39, 0.29) is 28.8 Å². The van der Waals surface area contributed by atoms with Gasteiger partial charge in [0.1, 0.15) is 5.76 Å². The van der Waals surface area contributed by atoms with Gasteiger partial charge in [-0.2, -0.15) is 0 Å².